The summed E-state index contributed by atoms with van der Waals surface area (Å²) in [5.74, 6) is -0.0194. The molecule has 4 atom stereocenters. The first-order valence-electron chi connectivity index (χ1n) is 10.5. The van der Waals surface area contributed by atoms with E-state index in [-0.39, 0.29) is 35.6 Å². The Labute approximate surface area is 187 Å². The first-order chi connectivity index (χ1) is 15.7. The van der Waals surface area contributed by atoms with E-state index in [0.29, 0.717) is 36.4 Å². The van der Waals surface area contributed by atoms with E-state index in [1.54, 1.807) is 16.8 Å². The fourth-order valence-corrected chi connectivity index (χ4v) is 4.22. The van der Waals surface area contributed by atoms with Crippen molar-refractivity contribution in [3.8, 4) is 6.07 Å². The van der Waals surface area contributed by atoms with Crippen LogP contribution in [0.4, 0.5) is 19.0 Å². The normalized spacial score (nSPS) is 25.3. The van der Waals surface area contributed by atoms with E-state index in [4.69, 9.17) is 9.47 Å². The second-order valence-corrected chi connectivity index (χ2v) is 8.27. The van der Waals surface area contributed by atoms with Crippen LogP contribution in [-0.4, -0.2) is 52.9 Å². The highest BCUT2D eigenvalue weighted by Gasteiger charge is 2.53. The molecule has 4 rings (SSSR count). The maximum Gasteiger partial charge on any atom is 0.421 e. The van der Waals surface area contributed by atoms with Crippen LogP contribution in [-0.2, 0) is 9.47 Å². The van der Waals surface area contributed by atoms with Crippen LogP contribution in [0.1, 0.15) is 25.8 Å². The second kappa shape index (κ2) is 8.68. The topological polar surface area (TPSA) is 105 Å². The number of H-pyrrole nitrogens is 1. The summed E-state index contributed by atoms with van der Waals surface area (Å²) in [5, 5.41) is 17.6. The predicted octanol–water partition coefficient (Wildman–Crippen LogP) is 3.46. The summed E-state index contributed by atoms with van der Waals surface area (Å²) < 4.78 is 52.5. The highest BCUT2D eigenvalue weighted by Crippen LogP contribution is 2.40. The molecule has 1 fully saturated rings. The van der Waals surface area contributed by atoms with Crippen molar-refractivity contribution in [3.05, 3.63) is 46.4 Å². The van der Waals surface area contributed by atoms with Crippen molar-refractivity contribution in [1.82, 2.24) is 14.8 Å². The highest BCUT2D eigenvalue weighted by molar-refractivity contribution is 5.89. The number of nitrogens with zero attached hydrogens (tertiary/aromatic N) is 3. The molecule has 2 aliphatic rings. The van der Waals surface area contributed by atoms with Gasteiger partial charge in [-0.1, -0.05) is 18.2 Å². The van der Waals surface area contributed by atoms with E-state index in [0.717, 1.165) is 14.0 Å². The number of hydrogen-bond acceptors (Lipinski definition) is 6. The number of hydrogen-bond donors (Lipinski definition) is 2. The van der Waals surface area contributed by atoms with Gasteiger partial charge >= 0.3 is 6.18 Å². The zero-order chi connectivity index (χ0) is 23.8. The lowest BCUT2D eigenvalue weighted by Crippen LogP contribution is -2.46. The van der Waals surface area contributed by atoms with Gasteiger partial charge in [0, 0.05) is 26.0 Å². The van der Waals surface area contributed by atoms with Gasteiger partial charge in [-0.3, -0.25) is 9.48 Å². The molecule has 2 aromatic rings. The molecule has 8 nitrogen and oxygen atoms in total. The van der Waals surface area contributed by atoms with Gasteiger partial charge in [0.05, 0.1) is 30.2 Å². The summed E-state index contributed by atoms with van der Waals surface area (Å²) in [4.78, 5) is 15.2. The molecule has 33 heavy (non-hydrogen) atoms. The van der Waals surface area contributed by atoms with Gasteiger partial charge < -0.3 is 19.8 Å². The summed E-state index contributed by atoms with van der Waals surface area (Å²) in [6, 6.07) is 3.26. The number of fused-ring (bicyclic) bond motifs is 1. The fraction of sp³-hybridized carbons (Fsp3) is 0.500. The Hall–Kier alpha value is -3.10. The van der Waals surface area contributed by atoms with Crippen LogP contribution in [0.2, 0.25) is 0 Å². The maximum absolute atomic E-state index is 13.5. The minimum atomic E-state index is -4.57. The Balaban J connectivity index is 1.63. The minimum absolute atomic E-state index is 0.0139. The number of anilines is 1. The van der Waals surface area contributed by atoms with E-state index in [1.807, 2.05) is 0 Å². The molecule has 0 aromatic carbocycles. The molecule has 0 radical (unpaired) electrons. The van der Waals surface area contributed by atoms with Crippen molar-refractivity contribution in [2.45, 2.75) is 43.6 Å². The van der Waals surface area contributed by atoms with Gasteiger partial charge in [-0.05, 0) is 31.4 Å². The standard InChI is InChI=1S/C22H24F3N5O3/c1-21(32-2,22(23,24)25)14-3-5-15(6-4-14)28-19-18-16(7-9-27-20(18)31)30(29-19)17-12-33-10-8-13(17)11-26/h3-5,7,9,13,15,17H,6,8,10,12H2,1-2H3,(H,27,31)(H,28,29)/t13-,15?,17+,21?/m1/s1. The molecule has 11 heteroatoms. The van der Waals surface area contributed by atoms with E-state index >= 15 is 0 Å². The highest BCUT2D eigenvalue weighted by atomic mass is 19.4. The third kappa shape index (κ3) is 4.05. The third-order valence-electron chi connectivity index (χ3n) is 6.36. The number of alkyl halides is 3. The van der Waals surface area contributed by atoms with Crippen LogP contribution in [0.5, 0.6) is 0 Å². The number of methoxy groups -OCH3 is 1. The maximum atomic E-state index is 13.5. The van der Waals surface area contributed by atoms with Gasteiger partial charge in [0.2, 0.25) is 0 Å². The van der Waals surface area contributed by atoms with E-state index in [1.165, 1.54) is 18.3 Å². The monoisotopic (exact) mass is 463 g/mol. The predicted molar refractivity (Wildman–Crippen MR) is 115 cm³/mol. The molecule has 0 spiro atoms. The van der Waals surface area contributed by atoms with Gasteiger partial charge in [-0.15, -0.1) is 0 Å². The van der Waals surface area contributed by atoms with E-state index in [2.05, 4.69) is 21.5 Å². The van der Waals surface area contributed by atoms with Gasteiger partial charge in [-0.25, -0.2) is 0 Å². The van der Waals surface area contributed by atoms with Crippen molar-refractivity contribution in [1.29, 1.82) is 5.26 Å². The van der Waals surface area contributed by atoms with Crippen molar-refractivity contribution in [2.24, 2.45) is 5.92 Å². The molecule has 0 saturated carbocycles. The molecule has 176 valence electrons. The average Bonchev–Trinajstić information content (AvgIpc) is 3.17. The van der Waals surface area contributed by atoms with Gasteiger partial charge in [-0.2, -0.15) is 23.5 Å². The number of ether oxygens (including phenoxy) is 2. The quantitative estimate of drug-likeness (QED) is 0.704. The van der Waals surface area contributed by atoms with Gasteiger partial charge in [0.25, 0.3) is 5.56 Å². The molecular formula is C22H24F3N5O3. The zero-order valence-electron chi connectivity index (χ0n) is 18.1. The minimum Gasteiger partial charge on any atom is -0.379 e. The fourth-order valence-electron chi connectivity index (χ4n) is 4.22. The molecule has 3 heterocycles. The zero-order valence-corrected chi connectivity index (χ0v) is 18.1. The van der Waals surface area contributed by atoms with Crippen LogP contribution in [0.25, 0.3) is 10.9 Å². The molecule has 0 bridgehead atoms. The molecule has 1 aliphatic carbocycles. The Morgan fingerprint density at radius 1 is 1.42 bits per heavy atom. The summed E-state index contributed by atoms with van der Waals surface area (Å²) in [7, 11) is 1.03. The van der Waals surface area contributed by atoms with Crippen molar-refractivity contribution in [2.75, 3.05) is 25.6 Å². The number of nitrogens with one attached hydrogen (secondary N) is 2. The van der Waals surface area contributed by atoms with Crippen LogP contribution in [0.3, 0.4) is 0 Å². The number of aromatic nitrogens is 3. The van der Waals surface area contributed by atoms with E-state index < -0.39 is 11.8 Å². The molecule has 2 aromatic heterocycles. The Morgan fingerprint density at radius 3 is 2.85 bits per heavy atom. The van der Waals surface area contributed by atoms with Gasteiger partial charge in [0.15, 0.2) is 11.4 Å². The van der Waals surface area contributed by atoms with Crippen LogP contribution in [0, 0.1) is 17.2 Å². The van der Waals surface area contributed by atoms with Gasteiger partial charge in [0.1, 0.15) is 5.39 Å². The lowest BCUT2D eigenvalue weighted by molar-refractivity contribution is -0.245. The van der Waals surface area contributed by atoms with Crippen LogP contribution < -0.4 is 10.9 Å². The smallest absolute Gasteiger partial charge is 0.379 e. The number of halogens is 3. The number of rotatable bonds is 5. The Kier molecular flexibility index (Phi) is 6.07. The SMILES string of the molecule is COC(C)(C1=CCC(Nc2nn([C@H]3COCC[C@@H]3C#N)c3cc[nH]c(=O)c23)C=C1)C(F)(F)F. The molecule has 2 unspecified atom stereocenters. The van der Waals surface area contributed by atoms with Crippen molar-refractivity contribution < 1.29 is 22.6 Å². The lowest BCUT2D eigenvalue weighted by atomic mass is 9.89. The Morgan fingerprint density at radius 2 is 2.21 bits per heavy atom. The summed E-state index contributed by atoms with van der Waals surface area (Å²) in [5.41, 5.74) is -2.20. The largest absolute Gasteiger partial charge is 0.421 e. The summed E-state index contributed by atoms with van der Waals surface area (Å²) >= 11 is 0. The number of aromatic amines is 1. The Bertz CT molecular complexity index is 1190. The second-order valence-electron chi connectivity index (χ2n) is 8.27. The van der Waals surface area contributed by atoms with Crippen molar-refractivity contribution >= 4 is 16.7 Å². The molecule has 2 N–H and O–H groups in total. The summed E-state index contributed by atoms with van der Waals surface area (Å²) in [6.45, 7) is 1.77. The van der Waals surface area contributed by atoms with E-state index in [9.17, 15) is 23.2 Å². The summed E-state index contributed by atoms with van der Waals surface area (Å²) in [6.07, 6.45) is 2.19. The van der Waals surface area contributed by atoms with Crippen molar-refractivity contribution in [3.63, 3.8) is 0 Å². The number of nitriles is 1. The third-order valence-corrected chi connectivity index (χ3v) is 6.36. The molecule has 0 amide bonds. The molecule has 1 aliphatic heterocycles. The molecular weight excluding hydrogens is 439 g/mol. The number of pyridine rings is 1. The first kappa shape index (κ1) is 23.1. The average molecular weight is 463 g/mol. The van der Waals surface area contributed by atoms with Crippen LogP contribution >= 0.6 is 0 Å². The lowest BCUT2D eigenvalue weighted by Gasteiger charge is -2.33. The molecule has 1 saturated heterocycles. The first-order valence-corrected chi connectivity index (χ1v) is 10.5. The van der Waals surface area contributed by atoms with Crippen LogP contribution in [0.15, 0.2) is 40.9 Å².